The Bertz CT molecular complexity index is 1980. The number of likely N-dealkylation sites (tertiary alicyclic amines) is 1. The van der Waals surface area contributed by atoms with Crippen LogP contribution in [-0.4, -0.2) is 117 Å². The van der Waals surface area contributed by atoms with Crippen molar-refractivity contribution in [2.75, 3.05) is 73.8 Å². The number of carbonyl (C=O) groups excluding carboxylic acids is 2. The number of benzene rings is 1. The number of fused-ring (bicyclic) bond motifs is 1. The van der Waals surface area contributed by atoms with Gasteiger partial charge in [-0.15, -0.1) is 0 Å². The van der Waals surface area contributed by atoms with Crippen molar-refractivity contribution in [1.82, 2.24) is 14.4 Å². The molecule has 0 spiro atoms. The van der Waals surface area contributed by atoms with Gasteiger partial charge in [-0.25, -0.2) is 4.57 Å². The van der Waals surface area contributed by atoms with Crippen LogP contribution in [0.3, 0.4) is 0 Å². The number of nitrogens with zero attached hydrogens (tertiary/aromatic N) is 3. The summed E-state index contributed by atoms with van der Waals surface area (Å²) in [7, 11) is -0.956. The molecule has 0 aliphatic carbocycles. The van der Waals surface area contributed by atoms with Gasteiger partial charge in [0.05, 0.1) is 38.9 Å². The molecule has 0 radical (unpaired) electrons. The van der Waals surface area contributed by atoms with Crippen LogP contribution in [0.5, 0.6) is 5.75 Å². The molecule has 16 heteroatoms. The minimum Gasteiger partial charge on any atom is -0.497 e. The summed E-state index contributed by atoms with van der Waals surface area (Å²) in [5.74, 6) is 12.2. The SMILES string of the molecule is CCCCCCCCCCCCCCCCCOCOCC(COP(=O)(O)OCCN(C)CC)OCOC1CCCN1C(=O)Cc1c(C)n(C(=O)C#CC#CC#CCl)c2ccc(OC)cc12. The Kier molecular flexibility index (Phi) is 29.3. The predicted molar refractivity (Wildman–Crippen MR) is 259 cm³/mol. The standard InChI is InChI=1S/C50H75ClN3O11P/c1-6-8-9-10-11-12-13-14-15-16-17-18-19-22-25-34-60-40-61-38-44(39-65-66(57,58)64-35-33-52(4)7-2)62-41-63-50-28-26-32-53(50)49(56)37-45-42(3)54(48(55)27-23-20-21-24-31-51)47-30-29-43(59-5)36-46(45)47/h29-30,36,44,50H,6-19,22,25-26,28,32-35,37-41H2,1-5H3,(H,57,58). The lowest BCUT2D eigenvalue weighted by molar-refractivity contribution is -0.180. The minimum absolute atomic E-state index is 0.00189. The molecule has 1 N–H and O–H groups in total. The van der Waals surface area contributed by atoms with Gasteiger partial charge in [-0.3, -0.25) is 23.2 Å². The highest BCUT2D eigenvalue weighted by Gasteiger charge is 2.32. The second kappa shape index (κ2) is 34.0. The number of halogens is 1. The number of ether oxygens (including phenoxy) is 5. The van der Waals surface area contributed by atoms with Gasteiger partial charge in [-0.1, -0.05) is 104 Å². The largest absolute Gasteiger partial charge is 0.497 e. The molecule has 1 saturated heterocycles. The molecule has 0 saturated carbocycles. The van der Waals surface area contributed by atoms with Crippen molar-refractivity contribution in [3.63, 3.8) is 0 Å². The molecule has 1 aromatic carbocycles. The second-order valence-corrected chi connectivity index (χ2v) is 18.2. The molecule has 1 aliphatic heterocycles. The van der Waals surface area contributed by atoms with Crippen LogP contribution in [0.15, 0.2) is 18.2 Å². The molecule has 3 unspecified atom stereocenters. The zero-order valence-electron chi connectivity index (χ0n) is 40.2. The van der Waals surface area contributed by atoms with Gasteiger partial charge in [-0.2, -0.15) is 0 Å². The van der Waals surface area contributed by atoms with Crippen LogP contribution in [0.25, 0.3) is 10.9 Å². The number of carbonyl (C=O) groups is 2. The molecular weight excluding hydrogens is 885 g/mol. The van der Waals surface area contributed by atoms with E-state index in [-0.39, 0.29) is 45.7 Å². The van der Waals surface area contributed by atoms with Crippen molar-refractivity contribution in [3.8, 4) is 40.7 Å². The van der Waals surface area contributed by atoms with Crippen LogP contribution >= 0.6 is 19.4 Å². The van der Waals surface area contributed by atoms with Gasteiger partial charge in [0, 0.05) is 53.9 Å². The normalized spacial score (nSPS) is 14.8. The van der Waals surface area contributed by atoms with E-state index in [1.165, 1.54) is 88.0 Å². The smallest absolute Gasteiger partial charge is 0.472 e. The number of phosphoric acid groups is 1. The van der Waals surface area contributed by atoms with E-state index < -0.39 is 26.1 Å². The quantitative estimate of drug-likeness (QED) is 0.0304. The summed E-state index contributed by atoms with van der Waals surface area (Å²) >= 11 is 5.33. The number of phosphoric ester groups is 1. The molecule has 66 heavy (non-hydrogen) atoms. The number of rotatable bonds is 35. The predicted octanol–water partition coefficient (Wildman–Crippen LogP) is 9.60. The Hall–Kier alpha value is -3.42. The molecule has 368 valence electrons. The van der Waals surface area contributed by atoms with Crippen molar-refractivity contribution in [2.45, 2.75) is 149 Å². The fraction of sp³-hybridized carbons (Fsp3) is 0.680. The molecule has 14 nitrogen and oxygen atoms in total. The average molecular weight is 961 g/mol. The Morgan fingerprint density at radius 1 is 0.879 bits per heavy atom. The van der Waals surface area contributed by atoms with E-state index in [2.05, 4.69) is 41.9 Å². The Morgan fingerprint density at radius 2 is 1.55 bits per heavy atom. The first-order valence-electron chi connectivity index (χ1n) is 23.9. The summed E-state index contributed by atoms with van der Waals surface area (Å²) in [6.07, 6.45) is 19.2. The molecule has 1 aliphatic rings. The van der Waals surface area contributed by atoms with Crippen LogP contribution in [0, 0.1) is 41.9 Å². The number of methoxy groups -OCH3 is 1. The first kappa shape index (κ1) is 56.9. The van der Waals surface area contributed by atoms with E-state index >= 15 is 0 Å². The Balaban J connectivity index is 1.50. The molecule has 3 rings (SSSR count). The van der Waals surface area contributed by atoms with Crippen LogP contribution in [-0.2, 0) is 43.8 Å². The van der Waals surface area contributed by atoms with E-state index in [1.807, 2.05) is 18.9 Å². The van der Waals surface area contributed by atoms with Crippen LogP contribution < -0.4 is 4.74 Å². The van der Waals surface area contributed by atoms with Gasteiger partial charge in [0.25, 0.3) is 0 Å². The fourth-order valence-corrected chi connectivity index (χ4v) is 8.45. The highest BCUT2D eigenvalue weighted by atomic mass is 35.5. The molecular formula is C50H75ClN3O11P. The van der Waals surface area contributed by atoms with Gasteiger partial charge >= 0.3 is 13.7 Å². The third-order valence-electron chi connectivity index (χ3n) is 11.6. The molecule has 2 heterocycles. The van der Waals surface area contributed by atoms with Gasteiger partial charge in [0.15, 0.2) is 0 Å². The summed E-state index contributed by atoms with van der Waals surface area (Å²) < 4.78 is 53.7. The Morgan fingerprint density at radius 3 is 2.20 bits per heavy atom. The highest BCUT2D eigenvalue weighted by Crippen LogP contribution is 2.43. The molecule has 2 aromatic rings. The second-order valence-electron chi connectivity index (χ2n) is 16.6. The molecule has 1 fully saturated rings. The lowest BCUT2D eigenvalue weighted by Gasteiger charge is -2.26. The summed E-state index contributed by atoms with van der Waals surface area (Å²) in [4.78, 5) is 41.2. The lowest BCUT2D eigenvalue weighted by atomic mass is 10.0. The van der Waals surface area contributed by atoms with Crippen LogP contribution in [0.1, 0.15) is 139 Å². The van der Waals surface area contributed by atoms with Crippen molar-refractivity contribution in [3.05, 3.63) is 29.5 Å². The van der Waals surface area contributed by atoms with Crippen molar-refractivity contribution in [1.29, 1.82) is 0 Å². The fourth-order valence-electron chi connectivity index (χ4n) is 7.66. The van der Waals surface area contributed by atoms with Crippen molar-refractivity contribution < 1.29 is 51.8 Å². The van der Waals surface area contributed by atoms with E-state index in [1.54, 1.807) is 37.1 Å². The molecule has 0 bridgehead atoms. The van der Waals surface area contributed by atoms with E-state index in [0.29, 0.717) is 60.4 Å². The maximum atomic E-state index is 14.0. The summed E-state index contributed by atoms with van der Waals surface area (Å²) in [6, 6.07) is 5.28. The number of aromatic nitrogens is 1. The number of amides is 1. The number of hydrogen-bond donors (Lipinski definition) is 1. The summed E-state index contributed by atoms with van der Waals surface area (Å²) in [6.45, 7) is 7.74. The number of likely N-dealkylation sites (N-methyl/N-ethyl adjacent to an activating group) is 1. The number of hydrogen-bond acceptors (Lipinski definition) is 11. The molecule has 3 atom stereocenters. The topological polar surface area (TPSA) is 147 Å². The van der Waals surface area contributed by atoms with Gasteiger partial charge < -0.3 is 38.4 Å². The molecule has 1 amide bonds. The third-order valence-corrected chi connectivity index (χ3v) is 12.7. The highest BCUT2D eigenvalue weighted by molar-refractivity contribution is 7.47. The van der Waals surface area contributed by atoms with Crippen LogP contribution in [0.2, 0.25) is 0 Å². The first-order chi connectivity index (χ1) is 32.0. The Labute approximate surface area is 399 Å². The van der Waals surface area contributed by atoms with Crippen molar-refractivity contribution in [2.24, 2.45) is 0 Å². The minimum atomic E-state index is -4.38. The maximum Gasteiger partial charge on any atom is 0.472 e. The average Bonchev–Trinajstić information content (AvgIpc) is 3.89. The summed E-state index contributed by atoms with van der Waals surface area (Å²) in [5.41, 5.74) is 1.78. The molecule has 1 aromatic heterocycles. The zero-order valence-corrected chi connectivity index (χ0v) is 41.8. The van der Waals surface area contributed by atoms with E-state index in [0.717, 1.165) is 19.4 Å². The zero-order chi connectivity index (χ0) is 47.8. The van der Waals surface area contributed by atoms with E-state index in [9.17, 15) is 19.0 Å². The van der Waals surface area contributed by atoms with Gasteiger partial charge in [0.2, 0.25) is 5.91 Å². The van der Waals surface area contributed by atoms with E-state index in [4.69, 9.17) is 44.3 Å². The van der Waals surface area contributed by atoms with Gasteiger partial charge in [0.1, 0.15) is 31.7 Å². The monoisotopic (exact) mass is 959 g/mol. The first-order valence-corrected chi connectivity index (χ1v) is 25.7. The third kappa shape index (κ3) is 22.1. The summed E-state index contributed by atoms with van der Waals surface area (Å²) in [5, 5.41) is 2.81. The van der Waals surface area contributed by atoms with Crippen molar-refractivity contribution >= 4 is 42.1 Å². The van der Waals surface area contributed by atoms with Gasteiger partial charge in [-0.05, 0) is 87.0 Å². The maximum absolute atomic E-state index is 14.0. The lowest BCUT2D eigenvalue weighted by Crippen LogP contribution is -2.39. The van der Waals surface area contributed by atoms with Crippen LogP contribution in [0.4, 0.5) is 0 Å². The number of unbranched alkanes of at least 4 members (excludes halogenated alkanes) is 14.